The maximum Gasteiger partial charge on any atom is 0.261 e. The summed E-state index contributed by atoms with van der Waals surface area (Å²) < 4.78 is 33.9. The summed E-state index contributed by atoms with van der Waals surface area (Å²) in [7, 11) is -0.771. The van der Waals surface area contributed by atoms with Gasteiger partial charge in [-0.2, -0.15) is 0 Å². The quantitative estimate of drug-likeness (QED) is 0.599. The number of hydrogen-bond donors (Lipinski definition) is 2. The zero-order valence-corrected chi connectivity index (χ0v) is 18.6. The molecule has 2 N–H and O–H groups in total. The van der Waals surface area contributed by atoms with Crippen molar-refractivity contribution in [1.29, 1.82) is 0 Å². The molecule has 29 heavy (non-hydrogen) atoms. The molecule has 0 spiro atoms. The molecule has 2 aromatic carbocycles. The number of benzene rings is 2. The number of halogens is 1. The van der Waals surface area contributed by atoms with Gasteiger partial charge in [0.1, 0.15) is 5.75 Å². The average Bonchev–Trinajstić information content (AvgIpc) is 2.67. The second-order valence-electron chi connectivity index (χ2n) is 6.18. The van der Waals surface area contributed by atoms with Gasteiger partial charge in [0, 0.05) is 19.7 Å². The van der Waals surface area contributed by atoms with Crippen LogP contribution in [-0.4, -0.2) is 52.4 Å². The van der Waals surface area contributed by atoms with Gasteiger partial charge in [-0.15, -0.1) is 0 Å². The molecule has 2 rings (SSSR count). The Bertz CT molecular complexity index is 1010. The summed E-state index contributed by atoms with van der Waals surface area (Å²) in [6.45, 7) is 2.16. The van der Waals surface area contributed by atoms with Gasteiger partial charge in [-0.1, -0.05) is 6.07 Å². The summed E-state index contributed by atoms with van der Waals surface area (Å²) in [5.41, 5.74) is 0.471. The van der Waals surface area contributed by atoms with Crippen molar-refractivity contribution >= 4 is 43.5 Å². The first-order valence-electron chi connectivity index (χ1n) is 8.67. The van der Waals surface area contributed by atoms with Crippen LogP contribution in [-0.2, 0) is 14.8 Å². The van der Waals surface area contributed by atoms with Crippen LogP contribution in [0.15, 0.2) is 51.8 Å². The van der Waals surface area contributed by atoms with Crippen molar-refractivity contribution in [2.75, 3.05) is 32.0 Å². The maximum atomic E-state index is 12.7. The first kappa shape index (κ1) is 22.7. The van der Waals surface area contributed by atoms with Crippen LogP contribution in [0.25, 0.3) is 0 Å². The van der Waals surface area contributed by atoms with E-state index in [1.807, 2.05) is 6.92 Å². The number of sulfonamides is 1. The smallest absolute Gasteiger partial charge is 0.261 e. The van der Waals surface area contributed by atoms with Gasteiger partial charge in [0.05, 0.1) is 28.2 Å². The minimum Gasteiger partial charge on any atom is -0.493 e. The van der Waals surface area contributed by atoms with E-state index in [4.69, 9.17) is 4.74 Å². The number of amides is 2. The van der Waals surface area contributed by atoms with Gasteiger partial charge in [-0.05, 0) is 59.3 Å². The lowest BCUT2D eigenvalue weighted by atomic mass is 10.2. The zero-order valence-electron chi connectivity index (χ0n) is 16.2. The molecule has 0 heterocycles. The van der Waals surface area contributed by atoms with E-state index in [1.54, 1.807) is 32.3 Å². The topological polar surface area (TPSA) is 105 Å². The Hall–Kier alpha value is -2.59. The number of rotatable bonds is 8. The van der Waals surface area contributed by atoms with Crippen molar-refractivity contribution in [3.8, 4) is 5.75 Å². The van der Waals surface area contributed by atoms with Gasteiger partial charge in [0.2, 0.25) is 5.91 Å². The van der Waals surface area contributed by atoms with Crippen molar-refractivity contribution in [2.45, 2.75) is 11.8 Å². The number of likely N-dealkylation sites (N-methyl/N-ethyl adjacent to an activating group) is 1. The second kappa shape index (κ2) is 9.75. The van der Waals surface area contributed by atoms with Crippen molar-refractivity contribution in [1.82, 2.24) is 10.2 Å². The molecule has 0 saturated carbocycles. The standard InChI is InChI=1S/C19H22BrN3O5S/c1-4-28-17-9-8-14(11-16(17)20)22-29(26,27)15-7-5-6-13(10-15)19(25)21-12-18(24)23(2)3/h5-11,22H,4,12H2,1-3H3,(H,21,25). The van der Waals surface area contributed by atoms with Crippen LogP contribution in [0, 0.1) is 0 Å². The summed E-state index contributed by atoms with van der Waals surface area (Å²) in [6, 6.07) is 10.4. The normalized spacial score (nSPS) is 10.9. The fourth-order valence-corrected chi connectivity index (χ4v) is 3.86. The Kier molecular flexibility index (Phi) is 7.63. The van der Waals surface area contributed by atoms with Crippen LogP contribution in [0.2, 0.25) is 0 Å². The van der Waals surface area contributed by atoms with E-state index in [1.165, 1.54) is 29.2 Å². The minimum absolute atomic E-state index is 0.0749. The SMILES string of the molecule is CCOc1ccc(NS(=O)(=O)c2cccc(C(=O)NCC(=O)N(C)C)c2)cc1Br. The Morgan fingerprint density at radius 2 is 1.86 bits per heavy atom. The maximum absolute atomic E-state index is 12.7. The number of nitrogens with one attached hydrogen (secondary N) is 2. The molecule has 2 aromatic rings. The van der Waals surface area contributed by atoms with Crippen molar-refractivity contribution in [3.05, 3.63) is 52.5 Å². The summed E-state index contributed by atoms with van der Waals surface area (Å²) >= 11 is 3.34. The van der Waals surface area contributed by atoms with Gasteiger partial charge in [-0.3, -0.25) is 14.3 Å². The predicted octanol–water partition coefficient (Wildman–Crippen LogP) is 2.47. The monoisotopic (exact) mass is 483 g/mol. The number of ether oxygens (including phenoxy) is 1. The third kappa shape index (κ3) is 6.20. The largest absolute Gasteiger partial charge is 0.493 e. The van der Waals surface area contributed by atoms with Gasteiger partial charge < -0.3 is 15.0 Å². The highest BCUT2D eigenvalue weighted by Gasteiger charge is 2.18. The van der Waals surface area contributed by atoms with Gasteiger partial charge in [-0.25, -0.2) is 8.42 Å². The highest BCUT2D eigenvalue weighted by molar-refractivity contribution is 9.10. The first-order valence-corrected chi connectivity index (χ1v) is 10.9. The molecular weight excluding hydrogens is 462 g/mol. The molecule has 156 valence electrons. The number of carbonyl (C=O) groups is 2. The van der Waals surface area contributed by atoms with E-state index in [2.05, 4.69) is 26.0 Å². The molecule has 0 aliphatic heterocycles. The van der Waals surface area contributed by atoms with E-state index in [0.29, 0.717) is 22.5 Å². The molecule has 0 aromatic heterocycles. The average molecular weight is 484 g/mol. The fraction of sp³-hybridized carbons (Fsp3) is 0.263. The van der Waals surface area contributed by atoms with E-state index in [-0.39, 0.29) is 22.9 Å². The fourth-order valence-electron chi connectivity index (χ4n) is 2.27. The summed E-state index contributed by atoms with van der Waals surface area (Å²) in [5, 5.41) is 2.47. The van der Waals surface area contributed by atoms with Crippen LogP contribution in [0.1, 0.15) is 17.3 Å². The Morgan fingerprint density at radius 1 is 1.14 bits per heavy atom. The van der Waals surface area contributed by atoms with Crippen LogP contribution in [0.5, 0.6) is 5.75 Å². The molecule has 0 unspecified atom stereocenters. The molecule has 0 saturated heterocycles. The van der Waals surface area contributed by atoms with Crippen molar-refractivity contribution in [2.24, 2.45) is 0 Å². The van der Waals surface area contributed by atoms with E-state index < -0.39 is 15.9 Å². The van der Waals surface area contributed by atoms with E-state index >= 15 is 0 Å². The Balaban J connectivity index is 2.17. The summed E-state index contributed by atoms with van der Waals surface area (Å²) in [5.74, 6) is -0.215. The molecule has 0 radical (unpaired) electrons. The lowest BCUT2D eigenvalue weighted by Crippen LogP contribution is -2.36. The third-order valence-corrected chi connectivity index (χ3v) is 5.79. The van der Waals surface area contributed by atoms with Crippen molar-refractivity contribution in [3.63, 3.8) is 0 Å². The molecule has 10 heteroatoms. The van der Waals surface area contributed by atoms with Crippen LogP contribution in [0.3, 0.4) is 0 Å². The number of anilines is 1. The van der Waals surface area contributed by atoms with Crippen molar-refractivity contribution < 1.29 is 22.7 Å². The summed E-state index contributed by atoms with van der Waals surface area (Å²) in [6.07, 6.45) is 0. The van der Waals surface area contributed by atoms with Gasteiger partial charge in [0.15, 0.2) is 0 Å². The molecule has 0 fully saturated rings. The Labute approximate surface area is 178 Å². The number of hydrogen-bond acceptors (Lipinski definition) is 5. The molecular formula is C19H22BrN3O5S. The number of nitrogens with zero attached hydrogens (tertiary/aromatic N) is 1. The van der Waals surface area contributed by atoms with E-state index in [0.717, 1.165) is 0 Å². The zero-order chi connectivity index (χ0) is 21.6. The van der Waals surface area contributed by atoms with Gasteiger partial charge in [0.25, 0.3) is 15.9 Å². The molecule has 2 amide bonds. The molecule has 0 aliphatic carbocycles. The predicted molar refractivity (Wildman–Crippen MR) is 114 cm³/mol. The molecule has 8 nitrogen and oxygen atoms in total. The Morgan fingerprint density at radius 3 is 2.48 bits per heavy atom. The van der Waals surface area contributed by atoms with Crippen LogP contribution in [0.4, 0.5) is 5.69 Å². The van der Waals surface area contributed by atoms with E-state index in [9.17, 15) is 18.0 Å². The molecule has 0 atom stereocenters. The first-order chi connectivity index (χ1) is 13.6. The highest BCUT2D eigenvalue weighted by atomic mass is 79.9. The molecule has 0 aliphatic rings. The lowest BCUT2D eigenvalue weighted by molar-refractivity contribution is -0.127. The second-order valence-corrected chi connectivity index (χ2v) is 8.72. The summed E-state index contributed by atoms with van der Waals surface area (Å²) in [4.78, 5) is 25.1. The lowest BCUT2D eigenvalue weighted by Gasteiger charge is -2.12. The van der Waals surface area contributed by atoms with Crippen LogP contribution < -0.4 is 14.8 Å². The minimum atomic E-state index is -3.92. The molecule has 0 bridgehead atoms. The third-order valence-electron chi connectivity index (χ3n) is 3.79. The van der Waals surface area contributed by atoms with Gasteiger partial charge >= 0.3 is 0 Å². The van der Waals surface area contributed by atoms with Crippen LogP contribution >= 0.6 is 15.9 Å². The number of carbonyl (C=O) groups excluding carboxylic acids is 2. The highest BCUT2D eigenvalue weighted by Crippen LogP contribution is 2.29.